The smallest absolute Gasteiger partial charge is 0.191 e. The fourth-order valence-electron chi connectivity index (χ4n) is 3.99. The summed E-state index contributed by atoms with van der Waals surface area (Å²) in [6, 6.07) is 0. The number of rotatable bonds is 8. The molecule has 5 heteroatoms. The molecule has 0 unspecified atom stereocenters. The van der Waals surface area contributed by atoms with Crippen molar-refractivity contribution in [2.45, 2.75) is 85.0 Å². The Morgan fingerprint density at radius 1 is 1.23 bits per heavy atom. The maximum absolute atomic E-state index is 6.50. The molecule has 0 spiro atoms. The van der Waals surface area contributed by atoms with Crippen LogP contribution in [-0.4, -0.2) is 34.9 Å². The second-order valence-electron chi connectivity index (χ2n) is 10.3. The Morgan fingerprint density at radius 3 is 2.45 bits per heavy atom. The van der Waals surface area contributed by atoms with Crippen molar-refractivity contribution in [3.8, 4) is 21.7 Å². The average Bonchev–Trinajstić information content (AvgIpc) is 2.66. The first-order chi connectivity index (χ1) is 14.4. The highest BCUT2D eigenvalue weighted by Gasteiger charge is 2.42. The van der Waals surface area contributed by atoms with Crippen molar-refractivity contribution in [2.75, 3.05) is 20.5 Å². The number of hydrogen-bond donors (Lipinski definition) is 0. The Bertz CT molecular complexity index is 766. The highest BCUT2D eigenvalue weighted by Crippen LogP contribution is 2.48. The van der Waals surface area contributed by atoms with Crippen LogP contribution in [0.25, 0.3) is 0 Å². The Labute approximate surface area is 206 Å². The van der Waals surface area contributed by atoms with Gasteiger partial charge in [-0.3, -0.25) is 0 Å². The second kappa shape index (κ2) is 12.6. The van der Waals surface area contributed by atoms with E-state index < -0.39 is 8.32 Å². The van der Waals surface area contributed by atoms with Crippen LogP contribution in [0.5, 0.6) is 0 Å². The highest BCUT2D eigenvalue weighted by molar-refractivity contribution is 14.1. The molecule has 1 rings (SSSR count). The van der Waals surface area contributed by atoms with Crippen molar-refractivity contribution in [3.05, 3.63) is 23.3 Å². The van der Waals surface area contributed by atoms with Crippen LogP contribution >= 0.6 is 22.6 Å². The van der Waals surface area contributed by atoms with Crippen LogP contribution in [0.4, 0.5) is 0 Å². The summed E-state index contributed by atoms with van der Waals surface area (Å²) >= 11 is 2.02. The molecule has 1 aliphatic carbocycles. The molecule has 1 aliphatic rings. The van der Waals surface area contributed by atoms with Crippen LogP contribution in [0.1, 0.15) is 60.8 Å². The summed E-state index contributed by atoms with van der Waals surface area (Å²) in [4.78, 5) is 0. The predicted molar refractivity (Wildman–Crippen MR) is 142 cm³/mol. The van der Waals surface area contributed by atoms with Crippen LogP contribution < -0.4 is 0 Å². The van der Waals surface area contributed by atoms with Gasteiger partial charge in [-0.05, 0) is 65.8 Å². The quantitative estimate of drug-likeness (QED) is 0.105. The highest BCUT2D eigenvalue weighted by atomic mass is 127. The van der Waals surface area contributed by atoms with Crippen molar-refractivity contribution in [2.24, 2.45) is 11.3 Å². The van der Waals surface area contributed by atoms with E-state index in [1.54, 1.807) is 19.3 Å². The third kappa shape index (κ3) is 8.37. The first-order valence-corrected chi connectivity index (χ1v) is 15.1. The topological polar surface area (TPSA) is 27.7 Å². The van der Waals surface area contributed by atoms with Crippen molar-refractivity contribution >= 4 is 30.9 Å². The van der Waals surface area contributed by atoms with Gasteiger partial charge in [-0.25, -0.2) is 0 Å². The van der Waals surface area contributed by atoms with E-state index in [1.165, 1.54) is 11.1 Å². The molecule has 0 radical (unpaired) electrons. The molecule has 0 N–H and O–H groups in total. The zero-order valence-corrected chi connectivity index (χ0v) is 24.1. The maximum Gasteiger partial charge on any atom is 0.191 e. The minimum absolute atomic E-state index is 0.0159. The van der Waals surface area contributed by atoms with E-state index in [-0.39, 0.29) is 23.4 Å². The Balaban J connectivity index is 3.04. The molecule has 3 nitrogen and oxygen atoms in total. The van der Waals surface area contributed by atoms with Crippen molar-refractivity contribution in [3.63, 3.8) is 0 Å². The molecule has 0 amide bonds. The molecule has 0 aromatic carbocycles. The number of ether oxygens (including phenoxy) is 2. The minimum Gasteiger partial charge on any atom is -0.417 e. The molecular weight excluding hydrogens is 515 g/mol. The van der Waals surface area contributed by atoms with E-state index in [1.807, 2.05) is 22.6 Å². The summed E-state index contributed by atoms with van der Waals surface area (Å²) in [5.74, 6) is 9.62. The van der Waals surface area contributed by atoms with Crippen molar-refractivity contribution in [1.82, 2.24) is 0 Å². The molecule has 174 valence electrons. The van der Waals surface area contributed by atoms with Gasteiger partial charge in [-0.2, -0.15) is 0 Å². The molecule has 0 heterocycles. The molecule has 0 aromatic rings. The summed E-state index contributed by atoms with van der Waals surface area (Å²) in [5, 5.41) is 0.227. The van der Waals surface area contributed by atoms with Crippen molar-refractivity contribution in [1.29, 1.82) is 0 Å². The van der Waals surface area contributed by atoms with Gasteiger partial charge >= 0.3 is 0 Å². The summed E-state index contributed by atoms with van der Waals surface area (Å²) in [6.45, 7) is 19.5. The fourth-order valence-corrected chi connectivity index (χ4v) is 5.22. The third-order valence-electron chi connectivity index (χ3n) is 6.93. The summed E-state index contributed by atoms with van der Waals surface area (Å²) in [5.41, 5.74) is 2.98. The molecule has 0 saturated heterocycles. The Hall–Kier alpha value is -0.573. The van der Waals surface area contributed by atoms with E-state index in [4.69, 9.17) is 13.9 Å². The van der Waals surface area contributed by atoms with Crippen LogP contribution in [0.15, 0.2) is 23.3 Å². The molecule has 2 atom stereocenters. The van der Waals surface area contributed by atoms with Crippen molar-refractivity contribution < 1.29 is 13.9 Å². The number of allylic oxidation sites excluding steroid dienone is 3. The van der Waals surface area contributed by atoms with Crippen LogP contribution in [0.3, 0.4) is 0 Å². The predicted octanol–water partition coefficient (Wildman–Crippen LogP) is 7.10. The fraction of sp³-hybridized carbons (Fsp3) is 0.692. The zero-order valence-electron chi connectivity index (χ0n) is 20.9. The molecule has 0 fully saturated rings. The second-order valence-corrected chi connectivity index (χ2v) is 15.7. The van der Waals surface area contributed by atoms with Gasteiger partial charge in [-0.15, -0.1) is 0 Å². The molecule has 0 bridgehead atoms. The van der Waals surface area contributed by atoms with Gasteiger partial charge in [0.2, 0.25) is 0 Å². The first kappa shape index (κ1) is 28.5. The number of methoxy groups -OCH3 is 1. The SMILES string of the molecule is COCO[C@H](C#C/C=C\C#CI)[C@@H]1CCC(C)=C(CCO[Si](C)(C)C(C)(C)C)C1(C)C. The lowest BCUT2D eigenvalue weighted by atomic mass is 9.63. The van der Waals surface area contributed by atoms with E-state index in [0.29, 0.717) is 5.92 Å². The van der Waals surface area contributed by atoms with Crippen LogP contribution in [0.2, 0.25) is 18.1 Å². The van der Waals surface area contributed by atoms with E-state index in [0.717, 1.165) is 25.9 Å². The summed E-state index contributed by atoms with van der Waals surface area (Å²) < 4.78 is 20.6. The lowest BCUT2D eigenvalue weighted by Crippen LogP contribution is -2.42. The lowest BCUT2D eigenvalue weighted by molar-refractivity contribution is -0.0858. The average molecular weight is 557 g/mol. The summed E-state index contributed by atoms with van der Waals surface area (Å²) in [7, 11) is -0.0955. The van der Waals surface area contributed by atoms with Crippen LogP contribution in [-0.2, 0) is 13.9 Å². The maximum atomic E-state index is 6.50. The molecule has 0 saturated carbocycles. The third-order valence-corrected chi connectivity index (χ3v) is 11.8. The zero-order chi connectivity index (χ0) is 23.7. The lowest BCUT2D eigenvalue weighted by Gasteiger charge is -2.44. The normalized spacial score (nSPS) is 20.1. The Kier molecular flexibility index (Phi) is 11.6. The van der Waals surface area contributed by atoms with Gasteiger partial charge in [0.25, 0.3) is 0 Å². The largest absolute Gasteiger partial charge is 0.417 e. The number of halogens is 1. The van der Waals surface area contributed by atoms with Gasteiger partial charge in [0.15, 0.2) is 8.32 Å². The van der Waals surface area contributed by atoms with Crippen LogP contribution in [0, 0.1) is 33.0 Å². The Morgan fingerprint density at radius 2 is 1.87 bits per heavy atom. The van der Waals surface area contributed by atoms with E-state index in [9.17, 15) is 0 Å². The molecule has 0 aliphatic heterocycles. The van der Waals surface area contributed by atoms with E-state index >= 15 is 0 Å². The minimum atomic E-state index is -1.75. The van der Waals surface area contributed by atoms with Gasteiger partial charge in [0, 0.05) is 42.2 Å². The van der Waals surface area contributed by atoms with Gasteiger partial charge in [0.05, 0.1) is 0 Å². The van der Waals surface area contributed by atoms with E-state index in [2.05, 4.69) is 76.3 Å². The molecule has 31 heavy (non-hydrogen) atoms. The van der Waals surface area contributed by atoms with Gasteiger partial charge in [-0.1, -0.05) is 63.5 Å². The summed E-state index contributed by atoms with van der Waals surface area (Å²) in [6.07, 6.45) is 6.49. The standard InChI is InChI=1S/C26H41IO3Si/c1-21-15-16-23(24(29-20-28-7)14-12-10-11-13-18-27)26(5,6)22(21)17-19-30-31(8,9)25(2,3)4/h10-11,23-24H,15-17,19-20H2,1-9H3/b11-10-/t23-,24+/m0/s1. The first-order valence-electron chi connectivity index (χ1n) is 11.1. The van der Waals surface area contributed by atoms with Gasteiger partial charge < -0.3 is 13.9 Å². The molecular formula is C26H41IO3Si. The number of hydrogen-bond acceptors (Lipinski definition) is 3. The monoisotopic (exact) mass is 556 g/mol. The van der Waals surface area contributed by atoms with Gasteiger partial charge in [0.1, 0.15) is 12.9 Å². The molecule has 0 aromatic heterocycles.